The van der Waals surface area contributed by atoms with E-state index >= 15 is 0 Å². The van der Waals surface area contributed by atoms with Crippen molar-refractivity contribution in [1.82, 2.24) is 10.6 Å². The van der Waals surface area contributed by atoms with Crippen molar-refractivity contribution in [2.24, 2.45) is 11.0 Å². The van der Waals surface area contributed by atoms with Gasteiger partial charge in [0, 0.05) is 23.9 Å². The number of rotatable bonds is 8. The fourth-order valence-electron chi connectivity index (χ4n) is 2.77. The number of nitrogens with one attached hydrogen (secondary N) is 2. The van der Waals surface area contributed by atoms with E-state index in [9.17, 15) is 4.79 Å². The van der Waals surface area contributed by atoms with Gasteiger partial charge in [0.25, 0.3) is 0 Å². The van der Waals surface area contributed by atoms with E-state index in [0.717, 1.165) is 32.4 Å². The van der Waals surface area contributed by atoms with Gasteiger partial charge < -0.3 is 15.4 Å². The van der Waals surface area contributed by atoms with E-state index in [-0.39, 0.29) is 11.9 Å². The Morgan fingerprint density at radius 2 is 2.40 bits per heavy atom. The molecule has 1 heterocycles. The van der Waals surface area contributed by atoms with Gasteiger partial charge in [0.05, 0.1) is 6.61 Å². The Bertz CT molecular complexity index is 357. The number of azide groups is 1. The summed E-state index contributed by atoms with van der Waals surface area (Å²) in [6.07, 6.45) is 2.36. The van der Waals surface area contributed by atoms with E-state index < -0.39 is 5.54 Å². The lowest BCUT2D eigenvalue weighted by Crippen LogP contribution is -2.64. The number of nitrogens with zero attached hydrogens (tertiary/aromatic N) is 3. The third-order valence-electron chi connectivity index (χ3n) is 3.85. The molecule has 7 nitrogen and oxygen atoms in total. The van der Waals surface area contributed by atoms with Crippen LogP contribution in [0.5, 0.6) is 0 Å². The lowest BCUT2D eigenvalue weighted by molar-refractivity contribution is -0.155. The fraction of sp³-hybridized carbons (Fsp3) is 0.923. The Hall–Kier alpha value is -1.30. The molecule has 0 bridgehead atoms. The fourth-order valence-corrected chi connectivity index (χ4v) is 2.77. The molecule has 0 amide bonds. The maximum atomic E-state index is 12.4. The highest BCUT2D eigenvalue weighted by Gasteiger charge is 2.46. The van der Waals surface area contributed by atoms with Crippen LogP contribution in [0, 0.1) is 5.92 Å². The van der Waals surface area contributed by atoms with Crippen LogP contribution in [0.2, 0.25) is 0 Å². The largest absolute Gasteiger partial charge is 0.465 e. The Labute approximate surface area is 120 Å². The minimum Gasteiger partial charge on any atom is -0.465 e. The Morgan fingerprint density at radius 3 is 3.05 bits per heavy atom. The van der Waals surface area contributed by atoms with E-state index in [2.05, 4.69) is 27.6 Å². The summed E-state index contributed by atoms with van der Waals surface area (Å²) in [7, 11) is 0. The molecule has 1 aliphatic heterocycles. The van der Waals surface area contributed by atoms with Crippen molar-refractivity contribution in [1.29, 1.82) is 0 Å². The molecule has 2 unspecified atom stereocenters. The van der Waals surface area contributed by atoms with Crippen LogP contribution < -0.4 is 10.6 Å². The van der Waals surface area contributed by atoms with Gasteiger partial charge in [-0.2, -0.15) is 0 Å². The molecule has 2 N–H and O–H groups in total. The van der Waals surface area contributed by atoms with Gasteiger partial charge in [-0.05, 0) is 44.8 Å². The average Bonchev–Trinajstić information content (AvgIpc) is 2.47. The number of carbonyl (C=O) groups excluding carboxylic acids is 1. The molecule has 1 fully saturated rings. The molecule has 0 spiro atoms. The van der Waals surface area contributed by atoms with Crippen molar-refractivity contribution in [2.75, 3.05) is 32.8 Å². The van der Waals surface area contributed by atoms with E-state index in [4.69, 9.17) is 10.3 Å². The lowest BCUT2D eigenvalue weighted by atomic mass is 9.76. The van der Waals surface area contributed by atoms with Crippen molar-refractivity contribution in [3.05, 3.63) is 10.4 Å². The first kappa shape index (κ1) is 16.8. The first-order chi connectivity index (χ1) is 9.71. The summed E-state index contributed by atoms with van der Waals surface area (Å²) in [5.74, 6) is 0.0619. The van der Waals surface area contributed by atoms with Crippen molar-refractivity contribution >= 4 is 5.97 Å². The average molecular weight is 283 g/mol. The number of esters is 1. The van der Waals surface area contributed by atoms with Crippen molar-refractivity contribution < 1.29 is 9.53 Å². The Balaban J connectivity index is 2.71. The molecule has 2 atom stereocenters. The number of ether oxygens (including phenoxy) is 1. The zero-order valence-corrected chi connectivity index (χ0v) is 12.4. The normalized spacial score (nSPS) is 25.8. The lowest BCUT2D eigenvalue weighted by Gasteiger charge is -2.42. The highest BCUT2D eigenvalue weighted by Crippen LogP contribution is 2.28. The molecule has 1 aliphatic rings. The molecule has 0 aromatic carbocycles. The molecular weight excluding hydrogens is 258 g/mol. The summed E-state index contributed by atoms with van der Waals surface area (Å²) in [6.45, 7) is 7.02. The predicted molar refractivity (Wildman–Crippen MR) is 77.3 cm³/mol. The Morgan fingerprint density at radius 1 is 1.60 bits per heavy atom. The van der Waals surface area contributed by atoms with Gasteiger partial charge in [-0.1, -0.05) is 12.0 Å². The third kappa shape index (κ3) is 4.10. The van der Waals surface area contributed by atoms with E-state index in [1.165, 1.54) is 0 Å². The molecule has 0 aliphatic carbocycles. The number of piperidine rings is 1. The van der Waals surface area contributed by atoms with Crippen molar-refractivity contribution in [3.8, 4) is 0 Å². The van der Waals surface area contributed by atoms with Crippen LogP contribution in [0.15, 0.2) is 5.11 Å². The second-order valence-corrected chi connectivity index (χ2v) is 4.99. The van der Waals surface area contributed by atoms with Gasteiger partial charge in [-0.3, -0.25) is 4.79 Å². The molecule has 0 saturated carbocycles. The summed E-state index contributed by atoms with van der Waals surface area (Å²) in [5.41, 5.74) is 7.65. The summed E-state index contributed by atoms with van der Waals surface area (Å²) in [5, 5.41) is 10.2. The second-order valence-electron chi connectivity index (χ2n) is 4.99. The summed E-state index contributed by atoms with van der Waals surface area (Å²) in [6, 6.07) is 0. The molecule has 7 heteroatoms. The van der Waals surface area contributed by atoms with Crippen LogP contribution in [0.1, 0.15) is 33.1 Å². The standard InChI is InChI=1S/C13H25N5O2/c1-3-11-10-15-9-6-13(11,12(19)20-4-2)16-7-5-8-17-18-14/h11,15-16H,3-10H2,1-2H3. The van der Waals surface area contributed by atoms with Crippen LogP contribution >= 0.6 is 0 Å². The van der Waals surface area contributed by atoms with Crippen LogP contribution in [0.25, 0.3) is 10.4 Å². The molecule has 114 valence electrons. The quantitative estimate of drug-likeness (QED) is 0.232. The Kier molecular flexibility index (Phi) is 7.36. The van der Waals surface area contributed by atoms with Crippen molar-refractivity contribution in [2.45, 2.75) is 38.6 Å². The molecule has 1 rings (SSSR count). The smallest absolute Gasteiger partial charge is 0.326 e. The van der Waals surface area contributed by atoms with Gasteiger partial charge in [0.2, 0.25) is 0 Å². The van der Waals surface area contributed by atoms with Gasteiger partial charge in [-0.25, -0.2) is 0 Å². The van der Waals surface area contributed by atoms with Gasteiger partial charge >= 0.3 is 5.97 Å². The highest BCUT2D eigenvalue weighted by atomic mass is 16.5. The molecule has 0 radical (unpaired) electrons. The van der Waals surface area contributed by atoms with E-state index in [1.54, 1.807) is 0 Å². The number of carbonyl (C=O) groups is 1. The summed E-state index contributed by atoms with van der Waals surface area (Å²) < 4.78 is 5.28. The third-order valence-corrected chi connectivity index (χ3v) is 3.85. The van der Waals surface area contributed by atoms with Crippen LogP contribution in [0.3, 0.4) is 0 Å². The van der Waals surface area contributed by atoms with E-state index in [0.29, 0.717) is 19.7 Å². The summed E-state index contributed by atoms with van der Waals surface area (Å²) in [4.78, 5) is 15.1. The topological polar surface area (TPSA) is 99.1 Å². The number of hydrogen-bond donors (Lipinski definition) is 2. The van der Waals surface area contributed by atoms with Crippen LogP contribution in [0.4, 0.5) is 0 Å². The molecular formula is C13H25N5O2. The van der Waals surface area contributed by atoms with Gasteiger partial charge in [0.1, 0.15) is 5.54 Å². The molecule has 1 saturated heterocycles. The van der Waals surface area contributed by atoms with Gasteiger partial charge in [0.15, 0.2) is 0 Å². The maximum Gasteiger partial charge on any atom is 0.326 e. The SMILES string of the molecule is CCOC(=O)C1(NCCCN=[N+]=[N-])CCNCC1CC. The van der Waals surface area contributed by atoms with E-state index in [1.807, 2.05) is 6.92 Å². The van der Waals surface area contributed by atoms with Crippen LogP contribution in [-0.2, 0) is 9.53 Å². The minimum atomic E-state index is -0.605. The number of hydrogen-bond acceptors (Lipinski definition) is 5. The zero-order valence-electron chi connectivity index (χ0n) is 12.4. The first-order valence-corrected chi connectivity index (χ1v) is 7.35. The maximum absolute atomic E-state index is 12.4. The monoisotopic (exact) mass is 283 g/mol. The predicted octanol–water partition coefficient (Wildman–Crippen LogP) is 1.60. The molecule has 0 aromatic heterocycles. The van der Waals surface area contributed by atoms with Crippen LogP contribution in [-0.4, -0.2) is 44.3 Å². The molecule has 20 heavy (non-hydrogen) atoms. The van der Waals surface area contributed by atoms with Gasteiger partial charge in [-0.15, -0.1) is 0 Å². The highest BCUT2D eigenvalue weighted by molar-refractivity contribution is 5.81. The second kappa shape index (κ2) is 8.79. The zero-order chi connectivity index (χ0) is 14.8. The summed E-state index contributed by atoms with van der Waals surface area (Å²) >= 11 is 0. The minimum absolute atomic E-state index is 0.155. The van der Waals surface area contributed by atoms with Crippen molar-refractivity contribution in [3.63, 3.8) is 0 Å². The molecule has 0 aromatic rings. The first-order valence-electron chi connectivity index (χ1n) is 7.35.